The van der Waals surface area contributed by atoms with E-state index in [0.717, 1.165) is 5.56 Å². The minimum atomic E-state index is -0.158. The molecule has 4 aromatic rings. The van der Waals surface area contributed by atoms with E-state index in [2.05, 4.69) is 15.0 Å². The molecule has 30 heavy (non-hydrogen) atoms. The molecule has 2 heterocycles. The number of benzene rings is 2. The van der Waals surface area contributed by atoms with Crippen molar-refractivity contribution in [1.82, 2.24) is 19.9 Å². The lowest BCUT2D eigenvalue weighted by atomic mass is 10.1. The molecule has 4 rings (SSSR count). The number of rotatable bonds is 5. The standard InChI is InChI=1S/C23H20N4O3/c1-27(2)23(28)17-8-4-5-9-20(17)30-22-18-13-16(29-3)10-11-19(18)25-21(26-22)15-7-6-12-24-14-15/h4-14H,1-3H3. The number of fused-ring (bicyclic) bond motifs is 1. The zero-order valence-electron chi connectivity index (χ0n) is 16.9. The first-order chi connectivity index (χ1) is 14.6. The first kappa shape index (κ1) is 19.3. The van der Waals surface area contributed by atoms with Gasteiger partial charge in [0.15, 0.2) is 5.82 Å². The molecular weight excluding hydrogens is 380 g/mol. The lowest BCUT2D eigenvalue weighted by Crippen LogP contribution is -2.22. The van der Waals surface area contributed by atoms with E-state index in [9.17, 15) is 4.79 Å². The van der Waals surface area contributed by atoms with Gasteiger partial charge in [0, 0.05) is 32.1 Å². The molecule has 1 amide bonds. The monoisotopic (exact) mass is 400 g/mol. The summed E-state index contributed by atoms with van der Waals surface area (Å²) < 4.78 is 11.5. The van der Waals surface area contributed by atoms with Crippen LogP contribution in [0.2, 0.25) is 0 Å². The maximum atomic E-state index is 12.6. The lowest BCUT2D eigenvalue weighted by molar-refractivity contribution is 0.0825. The highest BCUT2D eigenvalue weighted by Crippen LogP contribution is 2.33. The fraction of sp³-hybridized carbons (Fsp3) is 0.130. The molecule has 0 atom stereocenters. The second kappa shape index (κ2) is 8.16. The van der Waals surface area contributed by atoms with Crippen molar-refractivity contribution in [3.8, 4) is 28.8 Å². The summed E-state index contributed by atoms with van der Waals surface area (Å²) in [6.45, 7) is 0. The molecule has 0 aliphatic rings. The Kier molecular flexibility index (Phi) is 5.26. The molecule has 2 aromatic heterocycles. The highest BCUT2D eigenvalue weighted by molar-refractivity contribution is 5.97. The van der Waals surface area contributed by atoms with Crippen LogP contribution in [0.1, 0.15) is 10.4 Å². The third-order valence-electron chi connectivity index (χ3n) is 4.52. The van der Waals surface area contributed by atoms with Crippen LogP contribution in [0.15, 0.2) is 67.0 Å². The molecule has 0 spiro atoms. The van der Waals surface area contributed by atoms with Crippen LogP contribution in [-0.4, -0.2) is 47.0 Å². The highest BCUT2D eigenvalue weighted by atomic mass is 16.5. The van der Waals surface area contributed by atoms with Gasteiger partial charge in [-0.25, -0.2) is 4.98 Å². The molecule has 0 aliphatic heterocycles. The molecule has 0 bridgehead atoms. The number of hydrogen-bond acceptors (Lipinski definition) is 6. The fourth-order valence-electron chi connectivity index (χ4n) is 2.99. The number of carbonyl (C=O) groups excluding carboxylic acids is 1. The molecule has 0 saturated carbocycles. The normalized spacial score (nSPS) is 10.6. The van der Waals surface area contributed by atoms with E-state index in [4.69, 9.17) is 9.47 Å². The first-order valence-corrected chi connectivity index (χ1v) is 9.31. The van der Waals surface area contributed by atoms with E-state index < -0.39 is 0 Å². The summed E-state index contributed by atoms with van der Waals surface area (Å²) in [6.07, 6.45) is 3.38. The van der Waals surface area contributed by atoms with Crippen LogP contribution < -0.4 is 9.47 Å². The fourth-order valence-corrected chi connectivity index (χ4v) is 2.99. The Hall–Kier alpha value is -4.00. The second-order valence-corrected chi connectivity index (χ2v) is 6.77. The Bertz CT molecular complexity index is 1210. The molecular formula is C23H20N4O3. The SMILES string of the molecule is COc1ccc2nc(-c3cccnc3)nc(Oc3ccccc3C(=O)N(C)C)c2c1. The molecule has 150 valence electrons. The number of amides is 1. The van der Waals surface area contributed by atoms with E-state index in [-0.39, 0.29) is 5.91 Å². The average molecular weight is 400 g/mol. The number of para-hydroxylation sites is 1. The Balaban J connectivity index is 1.88. The van der Waals surface area contributed by atoms with Gasteiger partial charge in [0.05, 0.1) is 23.6 Å². The van der Waals surface area contributed by atoms with Crippen molar-refractivity contribution >= 4 is 16.8 Å². The minimum Gasteiger partial charge on any atom is -0.497 e. The van der Waals surface area contributed by atoms with Crippen LogP contribution in [-0.2, 0) is 0 Å². The maximum Gasteiger partial charge on any atom is 0.257 e. The van der Waals surface area contributed by atoms with E-state index in [0.29, 0.717) is 39.7 Å². The van der Waals surface area contributed by atoms with Crippen LogP contribution >= 0.6 is 0 Å². The number of aromatic nitrogens is 3. The van der Waals surface area contributed by atoms with Crippen molar-refractivity contribution in [3.63, 3.8) is 0 Å². The van der Waals surface area contributed by atoms with Crippen molar-refractivity contribution in [3.05, 3.63) is 72.6 Å². The third-order valence-corrected chi connectivity index (χ3v) is 4.52. The summed E-state index contributed by atoms with van der Waals surface area (Å²) in [6, 6.07) is 16.3. The van der Waals surface area contributed by atoms with Crippen molar-refractivity contribution in [1.29, 1.82) is 0 Å². The highest BCUT2D eigenvalue weighted by Gasteiger charge is 2.18. The van der Waals surface area contributed by atoms with Gasteiger partial charge in [-0.05, 0) is 42.5 Å². The van der Waals surface area contributed by atoms with Crippen LogP contribution in [0.4, 0.5) is 0 Å². The minimum absolute atomic E-state index is 0.158. The third kappa shape index (κ3) is 3.77. The summed E-state index contributed by atoms with van der Waals surface area (Å²) >= 11 is 0. The number of nitrogens with zero attached hydrogens (tertiary/aromatic N) is 4. The zero-order chi connectivity index (χ0) is 21.1. The predicted molar refractivity (Wildman–Crippen MR) is 114 cm³/mol. The maximum absolute atomic E-state index is 12.6. The molecule has 0 radical (unpaired) electrons. The molecule has 0 saturated heterocycles. The van der Waals surface area contributed by atoms with Crippen LogP contribution in [0.25, 0.3) is 22.3 Å². The van der Waals surface area contributed by atoms with Crippen molar-refractivity contribution in [2.45, 2.75) is 0 Å². The summed E-state index contributed by atoms with van der Waals surface area (Å²) in [7, 11) is 4.99. The van der Waals surface area contributed by atoms with Gasteiger partial charge in [0.2, 0.25) is 5.88 Å². The first-order valence-electron chi connectivity index (χ1n) is 9.31. The summed E-state index contributed by atoms with van der Waals surface area (Å²) in [4.78, 5) is 27.5. The summed E-state index contributed by atoms with van der Waals surface area (Å²) in [5, 5.41) is 0.675. The molecule has 0 unspecified atom stereocenters. The molecule has 7 heteroatoms. The van der Waals surface area contributed by atoms with Gasteiger partial charge in [-0.1, -0.05) is 12.1 Å². The number of carbonyl (C=O) groups is 1. The number of hydrogen-bond donors (Lipinski definition) is 0. The number of pyridine rings is 1. The Labute approximate surface area is 173 Å². The van der Waals surface area contributed by atoms with E-state index >= 15 is 0 Å². The topological polar surface area (TPSA) is 77.4 Å². The van der Waals surface area contributed by atoms with Gasteiger partial charge in [0.1, 0.15) is 11.5 Å². The zero-order valence-corrected chi connectivity index (χ0v) is 16.9. The molecule has 7 nitrogen and oxygen atoms in total. The number of ether oxygens (including phenoxy) is 2. The van der Waals surface area contributed by atoms with E-state index in [1.807, 2.05) is 36.4 Å². The van der Waals surface area contributed by atoms with Gasteiger partial charge < -0.3 is 14.4 Å². The van der Waals surface area contributed by atoms with Crippen LogP contribution in [0, 0.1) is 0 Å². The quantitative estimate of drug-likeness (QED) is 0.500. The van der Waals surface area contributed by atoms with Crippen molar-refractivity contribution in [2.75, 3.05) is 21.2 Å². The molecule has 0 N–H and O–H groups in total. The summed E-state index contributed by atoms with van der Waals surface area (Å²) in [5.41, 5.74) is 1.90. The predicted octanol–water partition coefficient (Wildman–Crippen LogP) is 4.19. The Morgan fingerprint density at radius 3 is 2.57 bits per heavy atom. The van der Waals surface area contributed by atoms with Crippen molar-refractivity contribution < 1.29 is 14.3 Å². The molecule has 2 aromatic carbocycles. The average Bonchev–Trinajstić information content (AvgIpc) is 2.79. The van der Waals surface area contributed by atoms with Gasteiger partial charge in [-0.15, -0.1) is 0 Å². The Morgan fingerprint density at radius 2 is 1.83 bits per heavy atom. The van der Waals surface area contributed by atoms with Gasteiger partial charge in [-0.3, -0.25) is 9.78 Å². The molecule has 0 aliphatic carbocycles. The largest absolute Gasteiger partial charge is 0.497 e. The smallest absolute Gasteiger partial charge is 0.257 e. The van der Waals surface area contributed by atoms with Crippen molar-refractivity contribution in [2.24, 2.45) is 0 Å². The second-order valence-electron chi connectivity index (χ2n) is 6.77. The van der Waals surface area contributed by atoms with Gasteiger partial charge in [0.25, 0.3) is 5.91 Å². The number of methoxy groups -OCH3 is 1. The van der Waals surface area contributed by atoms with E-state index in [1.165, 1.54) is 4.90 Å². The van der Waals surface area contributed by atoms with Crippen LogP contribution in [0.3, 0.4) is 0 Å². The lowest BCUT2D eigenvalue weighted by Gasteiger charge is -2.15. The van der Waals surface area contributed by atoms with Gasteiger partial charge in [-0.2, -0.15) is 4.98 Å². The molecule has 0 fully saturated rings. The van der Waals surface area contributed by atoms with Gasteiger partial charge >= 0.3 is 0 Å². The Morgan fingerprint density at radius 1 is 1.00 bits per heavy atom. The van der Waals surface area contributed by atoms with E-state index in [1.54, 1.807) is 51.8 Å². The van der Waals surface area contributed by atoms with Crippen LogP contribution in [0.5, 0.6) is 17.4 Å². The summed E-state index contributed by atoms with van der Waals surface area (Å²) in [5.74, 6) is 1.72.